The van der Waals surface area contributed by atoms with Gasteiger partial charge in [0.05, 0.1) is 23.0 Å². The molecule has 2 heterocycles. The Balaban J connectivity index is 1.99. The highest BCUT2D eigenvalue weighted by Gasteiger charge is 2.31. The molecular formula is C18H13F5N6O2. The highest BCUT2D eigenvalue weighted by Crippen LogP contribution is 2.33. The molecule has 1 amide bonds. The number of amides is 1. The van der Waals surface area contributed by atoms with Gasteiger partial charge in [-0.1, -0.05) is 0 Å². The van der Waals surface area contributed by atoms with Gasteiger partial charge in [0.15, 0.2) is 0 Å². The maximum absolute atomic E-state index is 13.4. The molecule has 13 heteroatoms. The Labute approximate surface area is 169 Å². The number of hydrogen-bond donors (Lipinski definition) is 3. The van der Waals surface area contributed by atoms with Crippen molar-refractivity contribution in [1.29, 1.82) is 10.8 Å². The summed E-state index contributed by atoms with van der Waals surface area (Å²) in [7, 11) is 0. The number of anilines is 1. The second-order valence-corrected chi connectivity index (χ2v) is 6.29. The third-order valence-corrected chi connectivity index (χ3v) is 4.22. The molecule has 0 saturated carbocycles. The summed E-state index contributed by atoms with van der Waals surface area (Å²) >= 11 is 0. The van der Waals surface area contributed by atoms with E-state index in [0.29, 0.717) is 16.8 Å². The first-order valence-electron chi connectivity index (χ1n) is 8.48. The van der Waals surface area contributed by atoms with E-state index in [4.69, 9.17) is 10.8 Å². The first-order chi connectivity index (χ1) is 14.5. The minimum atomic E-state index is -4.80. The lowest BCUT2D eigenvalue weighted by molar-refractivity contribution is -0.137. The van der Waals surface area contributed by atoms with Gasteiger partial charge in [-0.25, -0.2) is 13.5 Å². The summed E-state index contributed by atoms with van der Waals surface area (Å²) in [5.41, 5.74) is -3.17. The fraction of sp³-hybridized carbons (Fsp3) is 0.167. The second-order valence-electron chi connectivity index (χ2n) is 6.29. The number of fused-ring (bicyclic) bond motifs is 1. The summed E-state index contributed by atoms with van der Waals surface area (Å²) in [6, 6.07) is 4.41. The summed E-state index contributed by atoms with van der Waals surface area (Å²) in [6.07, 6.45) is -6.04. The quantitative estimate of drug-likeness (QED) is 0.322. The number of nitrogens with zero attached hydrogens (tertiary/aromatic N) is 3. The Morgan fingerprint density at radius 2 is 1.90 bits per heavy atom. The first kappa shape index (κ1) is 21.8. The van der Waals surface area contributed by atoms with E-state index in [1.54, 1.807) is 0 Å². The number of carbonyl (C=O) groups excluding carboxylic acids is 1. The normalized spacial score (nSPS) is 11.7. The van der Waals surface area contributed by atoms with Crippen LogP contribution < -0.4 is 16.4 Å². The molecule has 0 aliphatic carbocycles. The summed E-state index contributed by atoms with van der Waals surface area (Å²) in [4.78, 5) is 24.8. The van der Waals surface area contributed by atoms with Crippen LogP contribution in [0.4, 0.5) is 27.6 Å². The zero-order valence-electron chi connectivity index (χ0n) is 15.4. The van der Waals surface area contributed by atoms with Crippen molar-refractivity contribution in [1.82, 2.24) is 14.3 Å². The summed E-state index contributed by atoms with van der Waals surface area (Å²) in [5, 5.41) is 19.4. The molecule has 8 nitrogen and oxygen atoms in total. The average Bonchev–Trinajstić information content (AvgIpc) is 2.70. The first-order valence-corrected chi connectivity index (χ1v) is 8.48. The molecule has 0 aliphatic rings. The fourth-order valence-electron chi connectivity index (χ4n) is 2.79. The van der Waals surface area contributed by atoms with Crippen LogP contribution in [-0.4, -0.2) is 26.6 Å². The van der Waals surface area contributed by atoms with E-state index < -0.39 is 52.6 Å². The van der Waals surface area contributed by atoms with E-state index in [1.807, 2.05) is 0 Å². The number of carbonyl (C=O) groups is 1. The van der Waals surface area contributed by atoms with Gasteiger partial charge in [0, 0.05) is 11.6 Å². The molecule has 1 aromatic carbocycles. The molecule has 0 atom stereocenters. The maximum Gasteiger partial charge on any atom is 0.416 e. The summed E-state index contributed by atoms with van der Waals surface area (Å²) < 4.78 is 67.1. The number of rotatable bonds is 5. The van der Waals surface area contributed by atoms with Crippen LogP contribution in [0, 0.1) is 10.8 Å². The van der Waals surface area contributed by atoms with Crippen LogP contribution >= 0.6 is 0 Å². The van der Waals surface area contributed by atoms with Gasteiger partial charge >= 0.3 is 6.18 Å². The Bertz CT molecular complexity index is 1300. The number of alkyl halides is 5. The number of hydrogen-bond acceptors (Lipinski definition) is 5. The largest absolute Gasteiger partial charge is 0.416 e. The van der Waals surface area contributed by atoms with Crippen LogP contribution in [0.2, 0.25) is 0 Å². The zero-order valence-corrected chi connectivity index (χ0v) is 15.4. The molecule has 162 valence electrons. The lowest BCUT2D eigenvalue weighted by Gasteiger charge is -2.13. The maximum atomic E-state index is 13.4. The van der Waals surface area contributed by atoms with Gasteiger partial charge in [0.25, 0.3) is 12.0 Å². The average molecular weight is 440 g/mol. The summed E-state index contributed by atoms with van der Waals surface area (Å²) in [5.74, 6) is -0.838. The highest BCUT2D eigenvalue weighted by molar-refractivity contribution is 5.91. The van der Waals surface area contributed by atoms with Gasteiger partial charge < -0.3 is 5.32 Å². The van der Waals surface area contributed by atoms with Gasteiger partial charge in [-0.3, -0.25) is 25.0 Å². The predicted molar refractivity (Wildman–Crippen MR) is 99.1 cm³/mol. The van der Waals surface area contributed by atoms with E-state index in [0.717, 1.165) is 17.0 Å². The van der Waals surface area contributed by atoms with E-state index in [2.05, 4.69) is 10.4 Å². The lowest BCUT2D eigenvalue weighted by atomic mass is 10.1. The molecule has 3 rings (SSSR count). The zero-order chi connectivity index (χ0) is 22.9. The lowest BCUT2D eigenvalue weighted by Crippen LogP contribution is -2.31. The molecule has 3 aromatic rings. The summed E-state index contributed by atoms with van der Waals surface area (Å²) in [6.45, 7) is -0.789. The minimum absolute atomic E-state index is 0.0415. The van der Waals surface area contributed by atoms with Crippen molar-refractivity contribution in [2.75, 3.05) is 5.32 Å². The standard InChI is InChI=1S/C18H13F5N6O2/c19-16(20)15-12-5-9(18(21,22)23)1-3-11(12)17(31)29(27-15)7-14(30)26-10-2-4-13(25)28(6-10)8-24/h1-6,8,16,24-25H,7H2,(H,26,30). The molecule has 0 aliphatic heterocycles. The van der Waals surface area contributed by atoms with Crippen molar-refractivity contribution in [3.8, 4) is 0 Å². The number of halogens is 5. The van der Waals surface area contributed by atoms with Crippen molar-refractivity contribution < 1.29 is 26.7 Å². The molecule has 2 aromatic heterocycles. The molecular weight excluding hydrogens is 427 g/mol. The Kier molecular flexibility index (Phi) is 5.69. The Hall–Kier alpha value is -3.90. The van der Waals surface area contributed by atoms with Gasteiger partial charge in [-0.2, -0.15) is 18.3 Å². The third kappa shape index (κ3) is 4.49. The van der Waals surface area contributed by atoms with Crippen molar-refractivity contribution in [2.45, 2.75) is 19.1 Å². The van der Waals surface area contributed by atoms with Crippen molar-refractivity contribution >= 4 is 28.7 Å². The van der Waals surface area contributed by atoms with Crippen LogP contribution in [0.3, 0.4) is 0 Å². The Morgan fingerprint density at radius 3 is 2.52 bits per heavy atom. The minimum Gasteiger partial charge on any atom is -0.323 e. The third-order valence-electron chi connectivity index (χ3n) is 4.22. The van der Waals surface area contributed by atoms with Crippen LogP contribution in [0.15, 0.2) is 41.3 Å². The van der Waals surface area contributed by atoms with Crippen molar-refractivity contribution in [3.63, 3.8) is 0 Å². The molecule has 0 spiro atoms. The van der Waals surface area contributed by atoms with Crippen LogP contribution in [0.25, 0.3) is 10.8 Å². The van der Waals surface area contributed by atoms with Crippen molar-refractivity contribution in [2.24, 2.45) is 0 Å². The predicted octanol–water partition coefficient (Wildman–Crippen LogP) is 2.73. The molecule has 0 saturated heterocycles. The van der Waals surface area contributed by atoms with Gasteiger partial charge in [-0.05, 0) is 30.3 Å². The number of nitrogens with one attached hydrogen (secondary N) is 3. The number of aromatic nitrogens is 3. The second kappa shape index (κ2) is 8.08. The smallest absolute Gasteiger partial charge is 0.323 e. The fourth-order valence-corrected chi connectivity index (χ4v) is 2.79. The van der Waals surface area contributed by atoms with Crippen molar-refractivity contribution in [3.05, 3.63) is 63.6 Å². The Morgan fingerprint density at radius 1 is 1.19 bits per heavy atom. The molecule has 0 unspecified atom stereocenters. The number of benzene rings is 1. The molecule has 31 heavy (non-hydrogen) atoms. The van der Waals surface area contributed by atoms with Gasteiger partial charge in [0.2, 0.25) is 5.91 Å². The van der Waals surface area contributed by atoms with E-state index in [-0.39, 0.29) is 11.2 Å². The monoisotopic (exact) mass is 440 g/mol. The molecule has 3 N–H and O–H groups in total. The molecule has 0 bridgehead atoms. The van der Waals surface area contributed by atoms with Crippen LogP contribution in [0.1, 0.15) is 17.7 Å². The van der Waals surface area contributed by atoms with Gasteiger partial charge in [-0.15, -0.1) is 0 Å². The van der Waals surface area contributed by atoms with E-state index in [9.17, 15) is 31.5 Å². The molecule has 0 radical (unpaired) electrons. The van der Waals surface area contributed by atoms with E-state index in [1.165, 1.54) is 18.3 Å². The van der Waals surface area contributed by atoms with E-state index >= 15 is 0 Å². The topological polar surface area (TPSA) is 117 Å². The SMILES string of the molecule is N=Cn1cc(NC(=O)Cn2nc(C(F)F)c3cc(C(F)(F)F)ccc3c2=O)ccc1=N. The van der Waals surface area contributed by atoms with Crippen LogP contribution in [0.5, 0.6) is 0 Å². The van der Waals surface area contributed by atoms with Gasteiger partial charge in [0.1, 0.15) is 17.7 Å². The van der Waals surface area contributed by atoms with Crippen LogP contribution in [-0.2, 0) is 17.5 Å². The molecule has 0 fully saturated rings. The number of pyridine rings is 1. The highest BCUT2D eigenvalue weighted by atomic mass is 19.4.